The first-order chi connectivity index (χ1) is 4.22. The molecule has 48 valence electrons. The fourth-order valence-electron chi connectivity index (χ4n) is 0.506. The smallest absolute Gasteiger partial charge is 0.502 e. The molecule has 1 aromatic heterocycles. The maximum atomic E-state index is 10.5. The molecule has 0 atom stereocenters. The fourth-order valence-corrected chi connectivity index (χ4v) is 0.506. The summed E-state index contributed by atoms with van der Waals surface area (Å²) in [6.07, 6.45) is 1.25. The summed E-state index contributed by atoms with van der Waals surface area (Å²) in [6, 6.07) is 1.17. The fraction of sp³-hybridized carbons (Fsp3) is 0.167. The molecule has 0 bridgehead atoms. The van der Waals surface area contributed by atoms with Gasteiger partial charge >= 0.3 is 19.5 Å². The normalized spacial score (nSPS) is 8.50. The van der Waals surface area contributed by atoms with Crippen LogP contribution in [0.25, 0.3) is 0 Å². The molecule has 4 heteroatoms. The molecule has 0 unspecified atom stereocenters. The summed E-state index contributed by atoms with van der Waals surface area (Å²) in [7, 11) is 0. The van der Waals surface area contributed by atoms with Crippen LogP contribution in [0.5, 0.6) is 5.75 Å². The van der Waals surface area contributed by atoms with Gasteiger partial charge in [0.15, 0.2) is 0 Å². The molecule has 0 spiro atoms. The van der Waals surface area contributed by atoms with Crippen molar-refractivity contribution in [2.24, 2.45) is 0 Å². The van der Waals surface area contributed by atoms with Gasteiger partial charge in [0.1, 0.15) is 5.76 Å². The molecule has 0 saturated carbocycles. The van der Waals surface area contributed by atoms with Gasteiger partial charge < -0.3 is 9.52 Å². The third-order valence-electron chi connectivity index (χ3n) is 1.03. The van der Waals surface area contributed by atoms with Gasteiger partial charge in [0.05, 0.1) is 6.26 Å². The predicted octanol–water partition coefficient (Wildman–Crippen LogP) is 0.651. The van der Waals surface area contributed by atoms with Gasteiger partial charge in [-0.15, -0.1) is 0 Å². The number of hydrogen-bond donors (Lipinski definition) is 1. The van der Waals surface area contributed by atoms with Crippen molar-refractivity contribution < 1.29 is 29.0 Å². The van der Waals surface area contributed by atoms with Crippen LogP contribution in [0, 0.1) is 6.92 Å². The Morgan fingerprint density at radius 1 is 1.60 bits per heavy atom. The third-order valence-corrected chi connectivity index (χ3v) is 1.03. The second-order valence-electron chi connectivity index (χ2n) is 1.69. The summed E-state index contributed by atoms with van der Waals surface area (Å²) in [5, 5.41) is 8.80. The van der Waals surface area contributed by atoms with E-state index in [2.05, 4.69) is 4.42 Å². The summed E-state index contributed by atoms with van der Waals surface area (Å²) in [5.74, 6) is -0.0556. The predicted molar refractivity (Wildman–Crippen MR) is 31.4 cm³/mol. The van der Waals surface area contributed by atoms with Gasteiger partial charge in [-0.05, 0) is 6.92 Å². The molecule has 0 amide bonds. The average Bonchev–Trinajstić information content (AvgIpc) is 1.83. The minimum atomic E-state index is -0.404. The minimum Gasteiger partial charge on any atom is -0.502 e. The van der Waals surface area contributed by atoms with Crippen LogP contribution in [0.15, 0.2) is 21.5 Å². The van der Waals surface area contributed by atoms with E-state index in [0.29, 0.717) is 0 Å². The molecule has 0 fully saturated rings. The Hall–Kier alpha value is -0.627. The van der Waals surface area contributed by atoms with Gasteiger partial charge in [0.25, 0.3) is 0 Å². The average molecular weight is 192 g/mol. The van der Waals surface area contributed by atoms with Gasteiger partial charge in [-0.2, -0.15) is 0 Å². The second kappa shape index (κ2) is 3.52. The summed E-state index contributed by atoms with van der Waals surface area (Å²) in [5.41, 5.74) is -0.404. The summed E-state index contributed by atoms with van der Waals surface area (Å²) in [4.78, 5) is 10.5. The first-order valence-electron chi connectivity index (χ1n) is 2.49. The molecule has 1 rings (SSSR count). The maximum absolute atomic E-state index is 10.5. The molecule has 0 aliphatic carbocycles. The van der Waals surface area contributed by atoms with Crippen molar-refractivity contribution in [1.82, 2.24) is 0 Å². The zero-order valence-corrected chi connectivity index (χ0v) is 8.59. The van der Waals surface area contributed by atoms with Gasteiger partial charge in [0.2, 0.25) is 11.2 Å². The van der Waals surface area contributed by atoms with Crippen LogP contribution in [-0.2, 0) is 19.5 Å². The van der Waals surface area contributed by atoms with Crippen LogP contribution >= 0.6 is 0 Å². The number of hydrogen-bond acceptors (Lipinski definition) is 3. The van der Waals surface area contributed by atoms with Gasteiger partial charge in [-0.3, -0.25) is 4.79 Å². The van der Waals surface area contributed by atoms with E-state index < -0.39 is 5.43 Å². The first kappa shape index (κ1) is 9.37. The Kier molecular flexibility index (Phi) is 3.30. The second-order valence-corrected chi connectivity index (χ2v) is 1.69. The van der Waals surface area contributed by atoms with Crippen molar-refractivity contribution in [3.63, 3.8) is 0 Å². The third kappa shape index (κ3) is 1.67. The Bertz CT molecular complexity index is 266. The molecular weight excluding hydrogens is 185 g/mol. The zero-order chi connectivity index (χ0) is 6.85. The Morgan fingerprint density at radius 2 is 2.20 bits per heavy atom. The van der Waals surface area contributed by atoms with Crippen LogP contribution in [0.4, 0.5) is 0 Å². The van der Waals surface area contributed by atoms with Gasteiger partial charge in [-0.1, -0.05) is 0 Å². The maximum Gasteiger partial charge on any atom is 2.00 e. The first-order valence-corrected chi connectivity index (χ1v) is 2.49. The Balaban J connectivity index is 0.000000810. The van der Waals surface area contributed by atoms with Crippen LogP contribution in [0.1, 0.15) is 5.76 Å². The SMILES string of the molecule is Cc1occc(=O)c1O.[Zn+2]. The van der Waals surface area contributed by atoms with Crippen LogP contribution < -0.4 is 5.43 Å². The molecule has 0 radical (unpaired) electrons. The monoisotopic (exact) mass is 190 g/mol. The molecule has 0 aliphatic rings. The summed E-state index contributed by atoms with van der Waals surface area (Å²) in [6.45, 7) is 1.52. The number of aromatic hydroxyl groups is 1. The van der Waals surface area contributed by atoms with Crippen molar-refractivity contribution in [3.05, 3.63) is 28.3 Å². The molecule has 10 heavy (non-hydrogen) atoms. The van der Waals surface area contributed by atoms with Crippen LogP contribution in [0.2, 0.25) is 0 Å². The summed E-state index contributed by atoms with van der Waals surface area (Å²) < 4.78 is 4.69. The molecular formula is C6H6O3Zn+2. The Morgan fingerprint density at radius 3 is 2.60 bits per heavy atom. The zero-order valence-electron chi connectivity index (χ0n) is 5.63. The number of rotatable bonds is 0. The largest absolute Gasteiger partial charge is 2.00 e. The number of aryl methyl sites for hydroxylation is 1. The van der Waals surface area contributed by atoms with E-state index in [4.69, 9.17) is 5.11 Å². The molecule has 1 N–H and O–H groups in total. The van der Waals surface area contributed by atoms with E-state index in [1.54, 1.807) is 0 Å². The topological polar surface area (TPSA) is 50.4 Å². The van der Waals surface area contributed by atoms with Crippen molar-refractivity contribution in [2.75, 3.05) is 0 Å². The molecule has 0 aliphatic heterocycles. The van der Waals surface area contributed by atoms with Crippen molar-refractivity contribution in [2.45, 2.75) is 6.92 Å². The van der Waals surface area contributed by atoms with E-state index >= 15 is 0 Å². The van der Waals surface area contributed by atoms with E-state index in [1.807, 2.05) is 0 Å². The van der Waals surface area contributed by atoms with Crippen LogP contribution in [0.3, 0.4) is 0 Å². The minimum absolute atomic E-state index is 0. The van der Waals surface area contributed by atoms with Crippen molar-refractivity contribution >= 4 is 0 Å². The van der Waals surface area contributed by atoms with E-state index in [9.17, 15) is 4.79 Å². The Labute approximate surface area is 70.4 Å². The van der Waals surface area contributed by atoms with Crippen molar-refractivity contribution in [1.29, 1.82) is 0 Å². The summed E-state index contributed by atoms with van der Waals surface area (Å²) >= 11 is 0. The molecule has 3 nitrogen and oxygen atoms in total. The van der Waals surface area contributed by atoms with Crippen molar-refractivity contribution in [3.8, 4) is 5.75 Å². The molecule has 0 saturated heterocycles. The van der Waals surface area contributed by atoms with E-state index in [0.717, 1.165) is 0 Å². The molecule has 1 heterocycles. The van der Waals surface area contributed by atoms with E-state index in [-0.39, 0.29) is 31.0 Å². The standard InChI is InChI=1S/C6H6O3.Zn/c1-4-6(8)5(7)2-3-9-4;/h2-3,8H,1H3;/q;+2. The van der Waals surface area contributed by atoms with Gasteiger partial charge in [-0.25, -0.2) is 0 Å². The molecule has 0 aromatic carbocycles. The van der Waals surface area contributed by atoms with Crippen LogP contribution in [-0.4, -0.2) is 5.11 Å². The van der Waals surface area contributed by atoms with Gasteiger partial charge in [0, 0.05) is 6.07 Å². The molecule has 1 aromatic rings. The van der Waals surface area contributed by atoms with E-state index in [1.165, 1.54) is 19.3 Å². The quantitative estimate of drug-likeness (QED) is 0.613.